The molecular weight excluding hydrogens is 444 g/mol. The van der Waals surface area contributed by atoms with Crippen molar-refractivity contribution < 1.29 is 22.7 Å². The maximum absolute atomic E-state index is 13.2. The fraction of sp³-hybridized carbons (Fsp3) is 0.522. The van der Waals surface area contributed by atoms with Gasteiger partial charge in [-0.05, 0) is 31.2 Å². The number of ether oxygens (including phenoxy) is 2. The molecule has 0 spiro atoms. The molecule has 1 unspecified atom stereocenters. The van der Waals surface area contributed by atoms with Gasteiger partial charge in [0.25, 0.3) is 0 Å². The first-order valence-corrected chi connectivity index (χ1v) is 12.9. The van der Waals surface area contributed by atoms with Crippen molar-refractivity contribution in [3.63, 3.8) is 0 Å². The highest BCUT2D eigenvalue weighted by molar-refractivity contribution is 7.89. The Hall–Kier alpha value is -2.56. The minimum absolute atomic E-state index is 0.0504. The molecule has 1 fully saturated rings. The van der Waals surface area contributed by atoms with Crippen LogP contribution < -0.4 is 9.47 Å². The molecule has 33 heavy (non-hydrogen) atoms. The van der Waals surface area contributed by atoms with Crippen LogP contribution in [0.25, 0.3) is 0 Å². The minimum atomic E-state index is -3.67. The molecule has 1 saturated heterocycles. The highest BCUT2D eigenvalue weighted by Crippen LogP contribution is 2.33. The topological polar surface area (TPSA) is 84.3 Å². The molecule has 0 N–H and O–H groups in total. The van der Waals surface area contributed by atoms with E-state index in [0.717, 1.165) is 19.5 Å². The molecule has 5 rings (SSSR count). The van der Waals surface area contributed by atoms with Crippen LogP contribution in [-0.2, 0) is 21.4 Å². The third-order valence-corrected chi connectivity index (χ3v) is 8.65. The number of carbonyl (C=O) groups is 1. The van der Waals surface area contributed by atoms with E-state index in [-0.39, 0.29) is 29.9 Å². The molecule has 10 heteroatoms. The molecule has 0 radical (unpaired) electrons. The molecule has 0 saturated carbocycles. The Morgan fingerprint density at radius 3 is 2.55 bits per heavy atom. The molecular formula is C23H30N4O5S. The van der Waals surface area contributed by atoms with Crippen LogP contribution in [-0.4, -0.2) is 85.5 Å². The number of carbonyl (C=O) groups excluding carboxylic acids is 1. The van der Waals surface area contributed by atoms with Crippen LogP contribution in [0.1, 0.15) is 25.1 Å². The SMILES string of the molecule is CC1c2cccn2CCN1CC(=O)N1CCN(S(=O)(=O)c2ccc3c(c2)OCCCO3)CC1. The predicted octanol–water partition coefficient (Wildman–Crippen LogP) is 1.56. The van der Waals surface area contributed by atoms with Crippen molar-refractivity contribution in [1.29, 1.82) is 0 Å². The van der Waals surface area contributed by atoms with Crippen LogP contribution in [0.4, 0.5) is 0 Å². The summed E-state index contributed by atoms with van der Waals surface area (Å²) in [4.78, 5) is 17.1. The third-order valence-electron chi connectivity index (χ3n) is 6.75. The fourth-order valence-electron chi connectivity index (χ4n) is 4.75. The number of amides is 1. The molecule has 0 aliphatic carbocycles. The van der Waals surface area contributed by atoms with Crippen molar-refractivity contribution in [1.82, 2.24) is 18.7 Å². The van der Waals surface area contributed by atoms with Gasteiger partial charge in [0.05, 0.1) is 24.7 Å². The summed E-state index contributed by atoms with van der Waals surface area (Å²) in [5.74, 6) is 1.08. The Kier molecular flexibility index (Phi) is 6.07. The number of piperazine rings is 1. The summed E-state index contributed by atoms with van der Waals surface area (Å²) in [5.41, 5.74) is 1.22. The van der Waals surface area contributed by atoms with E-state index in [2.05, 4.69) is 28.7 Å². The number of rotatable bonds is 4. The van der Waals surface area contributed by atoms with Crippen LogP contribution >= 0.6 is 0 Å². The van der Waals surface area contributed by atoms with Crippen LogP contribution in [0.15, 0.2) is 41.4 Å². The van der Waals surface area contributed by atoms with Crippen LogP contribution in [0, 0.1) is 0 Å². The fourth-order valence-corrected chi connectivity index (χ4v) is 6.19. The van der Waals surface area contributed by atoms with Gasteiger partial charge in [-0.3, -0.25) is 9.69 Å². The van der Waals surface area contributed by atoms with Gasteiger partial charge in [-0.2, -0.15) is 4.31 Å². The quantitative estimate of drug-likeness (QED) is 0.669. The lowest BCUT2D eigenvalue weighted by atomic mass is 10.1. The number of benzene rings is 1. The second kappa shape index (κ2) is 9.00. The van der Waals surface area contributed by atoms with Gasteiger partial charge in [0.2, 0.25) is 15.9 Å². The van der Waals surface area contributed by atoms with Crippen LogP contribution in [0.5, 0.6) is 11.5 Å². The van der Waals surface area contributed by atoms with Crippen LogP contribution in [0.3, 0.4) is 0 Å². The molecule has 9 nitrogen and oxygen atoms in total. The molecule has 0 bridgehead atoms. The van der Waals surface area contributed by atoms with Gasteiger partial charge >= 0.3 is 0 Å². The summed E-state index contributed by atoms with van der Waals surface area (Å²) in [5, 5.41) is 0. The zero-order chi connectivity index (χ0) is 23.0. The molecule has 2 aromatic rings. The lowest BCUT2D eigenvalue weighted by Gasteiger charge is -2.38. The van der Waals surface area contributed by atoms with Crippen molar-refractivity contribution in [2.24, 2.45) is 0 Å². The Morgan fingerprint density at radius 1 is 1.00 bits per heavy atom. The molecule has 1 aromatic heterocycles. The molecule has 4 heterocycles. The molecule has 1 aromatic carbocycles. The van der Waals surface area contributed by atoms with Gasteiger partial charge in [0.1, 0.15) is 0 Å². The summed E-state index contributed by atoms with van der Waals surface area (Å²) in [7, 11) is -3.67. The van der Waals surface area contributed by atoms with Crippen molar-refractivity contribution in [2.45, 2.75) is 30.8 Å². The zero-order valence-corrected chi connectivity index (χ0v) is 19.7. The van der Waals surface area contributed by atoms with Gasteiger partial charge < -0.3 is 18.9 Å². The summed E-state index contributed by atoms with van der Waals surface area (Å²) in [6.45, 7) is 6.56. The molecule has 3 aliphatic heterocycles. The maximum Gasteiger partial charge on any atom is 0.243 e. The van der Waals surface area contributed by atoms with Gasteiger partial charge in [0, 0.05) is 69.7 Å². The average molecular weight is 475 g/mol. The number of nitrogens with zero attached hydrogens (tertiary/aromatic N) is 4. The van der Waals surface area contributed by atoms with E-state index < -0.39 is 10.0 Å². The third kappa shape index (κ3) is 4.34. The highest BCUT2D eigenvalue weighted by Gasteiger charge is 2.32. The molecule has 3 aliphatic rings. The largest absolute Gasteiger partial charge is 0.490 e. The van der Waals surface area contributed by atoms with Crippen molar-refractivity contribution in [2.75, 3.05) is 52.5 Å². The van der Waals surface area contributed by atoms with E-state index in [0.29, 0.717) is 44.3 Å². The van der Waals surface area contributed by atoms with E-state index in [9.17, 15) is 13.2 Å². The van der Waals surface area contributed by atoms with Crippen molar-refractivity contribution in [3.05, 3.63) is 42.2 Å². The zero-order valence-electron chi connectivity index (χ0n) is 18.9. The highest BCUT2D eigenvalue weighted by atomic mass is 32.2. The standard InChI is InChI=1S/C23H30N4O5S/c1-18-20-4-2-7-24(20)8-9-26(18)17-23(28)25-10-12-27(13-11-25)33(29,30)19-5-6-21-22(16-19)32-15-3-14-31-21/h2,4-7,16,18H,3,8-15,17H2,1H3. The summed E-state index contributed by atoms with van der Waals surface area (Å²) in [6, 6.07) is 9.09. The summed E-state index contributed by atoms with van der Waals surface area (Å²) >= 11 is 0. The first-order valence-electron chi connectivity index (χ1n) is 11.5. The predicted molar refractivity (Wildman–Crippen MR) is 122 cm³/mol. The number of hydrogen-bond donors (Lipinski definition) is 0. The maximum atomic E-state index is 13.2. The molecule has 178 valence electrons. The summed E-state index contributed by atoms with van der Waals surface area (Å²) < 4.78 is 41.3. The molecule has 1 atom stereocenters. The second-order valence-corrected chi connectivity index (χ2v) is 10.7. The monoisotopic (exact) mass is 474 g/mol. The van der Waals surface area contributed by atoms with Gasteiger partial charge in [-0.15, -0.1) is 0 Å². The van der Waals surface area contributed by atoms with Gasteiger partial charge in [-0.25, -0.2) is 8.42 Å². The van der Waals surface area contributed by atoms with Gasteiger partial charge in [-0.1, -0.05) is 0 Å². The van der Waals surface area contributed by atoms with Crippen molar-refractivity contribution >= 4 is 15.9 Å². The average Bonchev–Trinajstić information content (AvgIpc) is 3.19. The van der Waals surface area contributed by atoms with E-state index in [1.54, 1.807) is 23.1 Å². The lowest BCUT2D eigenvalue weighted by molar-refractivity contribution is -0.134. The first kappa shape index (κ1) is 22.2. The Bertz CT molecular complexity index is 1120. The van der Waals surface area contributed by atoms with E-state index in [1.165, 1.54) is 10.00 Å². The number of sulfonamides is 1. The Balaban J connectivity index is 1.20. The van der Waals surface area contributed by atoms with E-state index in [1.807, 2.05) is 6.07 Å². The first-order chi connectivity index (χ1) is 15.9. The van der Waals surface area contributed by atoms with E-state index >= 15 is 0 Å². The Morgan fingerprint density at radius 2 is 1.76 bits per heavy atom. The lowest BCUT2D eigenvalue weighted by Crippen LogP contribution is -2.53. The number of hydrogen-bond acceptors (Lipinski definition) is 6. The normalized spacial score (nSPS) is 22.0. The van der Waals surface area contributed by atoms with E-state index in [4.69, 9.17) is 9.47 Å². The smallest absolute Gasteiger partial charge is 0.243 e. The molecule has 1 amide bonds. The van der Waals surface area contributed by atoms with Gasteiger partial charge in [0.15, 0.2) is 11.5 Å². The van der Waals surface area contributed by atoms with Crippen molar-refractivity contribution in [3.8, 4) is 11.5 Å². The number of aromatic nitrogens is 1. The Labute approximate surface area is 194 Å². The second-order valence-electron chi connectivity index (χ2n) is 8.72. The number of fused-ring (bicyclic) bond motifs is 2. The van der Waals surface area contributed by atoms with Crippen LogP contribution in [0.2, 0.25) is 0 Å². The minimum Gasteiger partial charge on any atom is -0.490 e. The summed E-state index contributed by atoms with van der Waals surface area (Å²) in [6.07, 6.45) is 2.84.